The molecule has 0 saturated carbocycles. The van der Waals surface area contributed by atoms with E-state index in [0.29, 0.717) is 6.54 Å². The van der Waals surface area contributed by atoms with Gasteiger partial charge in [0.2, 0.25) is 0 Å². The van der Waals surface area contributed by atoms with Crippen molar-refractivity contribution in [1.29, 1.82) is 0 Å². The fraction of sp³-hybridized carbons (Fsp3) is 0.357. The molecule has 4 nitrogen and oxygen atoms in total. The summed E-state index contributed by atoms with van der Waals surface area (Å²) in [6.45, 7) is 2.66. The molecule has 18 heavy (non-hydrogen) atoms. The van der Waals surface area contributed by atoms with Gasteiger partial charge in [0.05, 0.1) is 0 Å². The molecule has 0 bridgehead atoms. The lowest BCUT2D eigenvalue weighted by Crippen LogP contribution is -2.07. The minimum Gasteiger partial charge on any atom is -0.480 e. The Balaban J connectivity index is 2.48. The van der Waals surface area contributed by atoms with Crippen LogP contribution < -0.4 is 5.73 Å². The number of hydrogen-bond acceptors (Lipinski definition) is 2. The lowest BCUT2D eigenvalue weighted by atomic mass is 10.1. The molecule has 0 fully saturated rings. The van der Waals surface area contributed by atoms with Gasteiger partial charge >= 0.3 is 5.97 Å². The molecular weight excluding hydrogens is 228 g/mol. The summed E-state index contributed by atoms with van der Waals surface area (Å²) in [7, 11) is 0. The minimum atomic E-state index is -0.821. The van der Waals surface area contributed by atoms with Gasteiger partial charge in [-0.05, 0) is 43.5 Å². The first-order valence-corrected chi connectivity index (χ1v) is 6.12. The Kier molecular flexibility index (Phi) is 3.67. The molecule has 3 N–H and O–H groups in total. The van der Waals surface area contributed by atoms with Crippen molar-refractivity contribution in [3.05, 3.63) is 35.5 Å². The Labute approximate surface area is 106 Å². The van der Waals surface area contributed by atoms with Gasteiger partial charge in [-0.25, -0.2) is 0 Å². The summed E-state index contributed by atoms with van der Waals surface area (Å²) < 4.78 is 1.80. The van der Waals surface area contributed by atoms with Crippen molar-refractivity contribution in [2.45, 2.75) is 26.3 Å². The third-order valence-corrected chi connectivity index (χ3v) is 3.08. The van der Waals surface area contributed by atoms with E-state index in [0.717, 1.165) is 29.3 Å². The van der Waals surface area contributed by atoms with Gasteiger partial charge in [0, 0.05) is 17.1 Å². The van der Waals surface area contributed by atoms with Crippen molar-refractivity contribution in [3.63, 3.8) is 0 Å². The molecule has 2 rings (SSSR count). The Hall–Kier alpha value is -1.81. The Bertz CT molecular complexity index is 572. The topological polar surface area (TPSA) is 68.2 Å². The number of rotatable bonds is 5. The number of carboxylic acid groups (broad SMARTS) is 1. The van der Waals surface area contributed by atoms with Crippen molar-refractivity contribution >= 4 is 16.9 Å². The van der Waals surface area contributed by atoms with Crippen molar-refractivity contribution in [3.8, 4) is 0 Å². The van der Waals surface area contributed by atoms with Crippen LogP contribution in [0.4, 0.5) is 0 Å². The zero-order valence-electron chi connectivity index (χ0n) is 10.5. The van der Waals surface area contributed by atoms with Crippen LogP contribution in [0.2, 0.25) is 0 Å². The standard InChI is InChI=1S/C14H18N2O2/c1-10-4-5-12-11(3-2-6-15)8-16(9-14(17)18)13(12)7-10/h4-5,7-8H,2-3,6,9,15H2,1H3,(H,17,18). The van der Waals surface area contributed by atoms with Crippen LogP contribution >= 0.6 is 0 Å². The van der Waals surface area contributed by atoms with Gasteiger partial charge in [-0.3, -0.25) is 4.79 Å². The maximum absolute atomic E-state index is 10.9. The average molecular weight is 246 g/mol. The summed E-state index contributed by atoms with van der Waals surface area (Å²) in [6, 6.07) is 6.15. The second-order valence-electron chi connectivity index (χ2n) is 4.59. The molecule has 0 atom stereocenters. The highest BCUT2D eigenvalue weighted by molar-refractivity contribution is 5.85. The number of aromatic nitrogens is 1. The van der Waals surface area contributed by atoms with Gasteiger partial charge in [0.1, 0.15) is 6.54 Å². The first kappa shape index (κ1) is 12.6. The van der Waals surface area contributed by atoms with Crippen LogP contribution in [0, 0.1) is 6.92 Å². The molecule has 0 aliphatic carbocycles. The zero-order valence-corrected chi connectivity index (χ0v) is 10.5. The van der Waals surface area contributed by atoms with Crippen LogP contribution in [0.5, 0.6) is 0 Å². The van der Waals surface area contributed by atoms with Crippen LogP contribution in [0.3, 0.4) is 0 Å². The number of hydrogen-bond donors (Lipinski definition) is 2. The van der Waals surface area contributed by atoms with E-state index in [1.807, 2.05) is 19.2 Å². The minimum absolute atomic E-state index is 0.00256. The first-order chi connectivity index (χ1) is 8.61. The van der Waals surface area contributed by atoms with E-state index in [9.17, 15) is 4.79 Å². The molecule has 4 heteroatoms. The molecule has 0 aliphatic heterocycles. The van der Waals surface area contributed by atoms with Gasteiger partial charge in [0.25, 0.3) is 0 Å². The molecular formula is C14H18N2O2. The molecule has 0 radical (unpaired) electrons. The lowest BCUT2D eigenvalue weighted by Gasteiger charge is -2.01. The molecule has 2 aromatic rings. The lowest BCUT2D eigenvalue weighted by molar-refractivity contribution is -0.137. The Morgan fingerprint density at radius 3 is 2.89 bits per heavy atom. The number of carbonyl (C=O) groups is 1. The molecule has 1 aromatic carbocycles. The highest BCUT2D eigenvalue weighted by atomic mass is 16.4. The van der Waals surface area contributed by atoms with Crippen LogP contribution in [0.1, 0.15) is 17.5 Å². The number of benzene rings is 1. The Morgan fingerprint density at radius 2 is 2.22 bits per heavy atom. The molecule has 1 heterocycles. The largest absolute Gasteiger partial charge is 0.480 e. The highest BCUT2D eigenvalue weighted by Gasteiger charge is 2.10. The van der Waals surface area contributed by atoms with Crippen LogP contribution in [0.15, 0.2) is 24.4 Å². The number of nitrogens with two attached hydrogens (primary N) is 1. The highest BCUT2D eigenvalue weighted by Crippen LogP contribution is 2.23. The second kappa shape index (κ2) is 5.23. The zero-order chi connectivity index (χ0) is 13.1. The SMILES string of the molecule is Cc1ccc2c(CCCN)cn(CC(=O)O)c2c1. The van der Waals surface area contributed by atoms with Crippen molar-refractivity contribution < 1.29 is 9.90 Å². The molecule has 1 aromatic heterocycles. The molecule has 0 aliphatic rings. The fourth-order valence-electron chi connectivity index (χ4n) is 2.25. The number of nitrogens with zero attached hydrogens (tertiary/aromatic N) is 1. The van der Waals surface area contributed by atoms with Crippen LogP contribution in [0.25, 0.3) is 10.9 Å². The normalized spacial score (nSPS) is 11.0. The van der Waals surface area contributed by atoms with Gasteiger partial charge in [-0.15, -0.1) is 0 Å². The predicted octanol–water partition coefficient (Wildman–Crippen LogP) is 1.93. The summed E-state index contributed by atoms with van der Waals surface area (Å²) in [5.41, 5.74) is 8.84. The number of aliphatic carboxylic acids is 1. The van der Waals surface area contributed by atoms with Crippen molar-refractivity contribution in [1.82, 2.24) is 4.57 Å². The second-order valence-corrected chi connectivity index (χ2v) is 4.59. The summed E-state index contributed by atoms with van der Waals surface area (Å²) in [5, 5.41) is 10.1. The molecule has 96 valence electrons. The fourth-order valence-corrected chi connectivity index (χ4v) is 2.25. The number of aryl methyl sites for hydroxylation is 2. The van der Waals surface area contributed by atoms with E-state index < -0.39 is 5.97 Å². The van der Waals surface area contributed by atoms with Crippen LogP contribution in [-0.4, -0.2) is 22.2 Å². The van der Waals surface area contributed by atoms with Crippen LogP contribution in [-0.2, 0) is 17.8 Å². The quantitative estimate of drug-likeness (QED) is 0.847. The number of fused-ring (bicyclic) bond motifs is 1. The van der Waals surface area contributed by atoms with E-state index in [1.165, 1.54) is 5.56 Å². The van der Waals surface area contributed by atoms with E-state index in [2.05, 4.69) is 12.1 Å². The monoisotopic (exact) mass is 246 g/mol. The van der Waals surface area contributed by atoms with Gasteiger partial charge in [-0.1, -0.05) is 12.1 Å². The molecule has 0 saturated heterocycles. The van der Waals surface area contributed by atoms with E-state index in [-0.39, 0.29) is 6.54 Å². The average Bonchev–Trinajstić information content (AvgIpc) is 2.64. The maximum Gasteiger partial charge on any atom is 0.323 e. The third-order valence-electron chi connectivity index (χ3n) is 3.08. The van der Waals surface area contributed by atoms with Gasteiger partial charge < -0.3 is 15.4 Å². The van der Waals surface area contributed by atoms with Gasteiger partial charge in [0.15, 0.2) is 0 Å². The van der Waals surface area contributed by atoms with Crippen molar-refractivity contribution in [2.75, 3.05) is 6.54 Å². The summed E-state index contributed by atoms with van der Waals surface area (Å²) in [6.07, 6.45) is 3.75. The summed E-state index contributed by atoms with van der Waals surface area (Å²) in [4.78, 5) is 10.9. The summed E-state index contributed by atoms with van der Waals surface area (Å²) >= 11 is 0. The molecule has 0 spiro atoms. The maximum atomic E-state index is 10.9. The Morgan fingerprint density at radius 1 is 1.44 bits per heavy atom. The third kappa shape index (κ3) is 2.54. The molecule has 0 unspecified atom stereocenters. The van der Waals surface area contributed by atoms with E-state index >= 15 is 0 Å². The molecule has 0 amide bonds. The summed E-state index contributed by atoms with van der Waals surface area (Å²) in [5.74, 6) is -0.821. The predicted molar refractivity (Wildman–Crippen MR) is 71.7 cm³/mol. The van der Waals surface area contributed by atoms with E-state index in [4.69, 9.17) is 10.8 Å². The van der Waals surface area contributed by atoms with Gasteiger partial charge in [-0.2, -0.15) is 0 Å². The van der Waals surface area contributed by atoms with Crippen molar-refractivity contribution in [2.24, 2.45) is 5.73 Å². The number of carboxylic acids is 1. The van der Waals surface area contributed by atoms with E-state index in [1.54, 1.807) is 4.57 Å². The smallest absolute Gasteiger partial charge is 0.323 e. The first-order valence-electron chi connectivity index (χ1n) is 6.12.